The van der Waals surface area contributed by atoms with Crippen molar-refractivity contribution in [1.29, 1.82) is 0 Å². The van der Waals surface area contributed by atoms with Crippen LogP contribution in [0, 0.1) is 5.92 Å². The normalized spacial score (nSPS) is 14.7. The molecule has 0 aromatic carbocycles. The number of carbonyl (C=O) groups excluding carboxylic acids is 1. The topological polar surface area (TPSA) is 64.3 Å². The SMILES string of the molecule is CCCCCC(NC(=O)OC(C)(C)C)C(CC)CCN. The van der Waals surface area contributed by atoms with Crippen LogP contribution >= 0.6 is 0 Å². The minimum atomic E-state index is -0.451. The zero-order chi connectivity index (χ0) is 15.6. The molecule has 2 unspecified atom stereocenters. The van der Waals surface area contributed by atoms with E-state index in [-0.39, 0.29) is 12.1 Å². The molecule has 20 heavy (non-hydrogen) atoms. The minimum absolute atomic E-state index is 0.171. The molecule has 2 atom stereocenters. The lowest BCUT2D eigenvalue weighted by Gasteiger charge is -2.29. The Bertz CT molecular complexity index is 262. The van der Waals surface area contributed by atoms with E-state index < -0.39 is 5.60 Å². The van der Waals surface area contributed by atoms with Gasteiger partial charge < -0.3 is 15.8 Å². The third-order valence-electron chi connectivity index (χ3n) is 3.45. The second-order valence-corrected chi connectivity index (χ2v) is 6.49. The summed E-state index contributed by atoms with van der Waals surface area (Å²) in [5.41, 5.74) is 5.24. The first-order valence-corrected chi connectivity index (χ1v) is 8.03. The van der Waals surface area contributed by atoms with E-state index in [1.165, 1.54) is 12.8 Å². The van der Waals surface area contributed by atoms with Crippen molar-refractivity contribution in [3.05, 3.63) is 0 Å². The maximum atomic E-state index is 12.0. The van der Waals surface area contributed by atoms with Gasteiger partial charge in [-0.05, 0) is 46.1 Å². The average Bonchev–Trinajstić information content (AvgIpc) is 2.33. The fraction of sp³-hybridized carbons (Fsp3) is 0.938. The molecule has 0 aliphatic rings. The van der Waals surface area contributed by atoms with Gasteiger partial charge in [-0.3, -0.25) is 0 Å². The van der Waals surface area contributed by atoms with Crippen LogP contribution in [0.4, 0.5) is 4.79 Å². The third kappa shape index (κ3) is 9.18. The highest BCUT2D eigenvalue weighted by Crippen LogP contribution is 2.19. The van der Waals surface area contributed by atoms with Crippen LogP contribution in [0.2, 0.25) is 0 Å². The highest BCUT2D eigenvalue weighted by atomic mass is 16.6. The van der Waals surface area contributed by atoms with Crippen LogP contribution in [0.5, 0.6) is 0 Å². The molecule has 0 bridgehead atoms. The van der Waals surface area contributed by atoms with E-state index >= 15 is 0 Å². The van der Waals surface area contributed by atoms with E-state index in [0.717, 1.165) is 25.7 Å². The molecule has 0 spiro atoms. The van der Waals surface area contributed by atoms with Gasteiger partial charge in [0.25, 0.3) is 0 Å². The minimum Gasteiger partial charge on any atom is -0.444 e. The monoisotopic (exact) mass is 286 g/mol. The number of carbonyl (C=O) groups is 1. The second kappa shape index (κ2) is 10.0. The fourth-order valence-corrected chi connectivity index (χ4v) is 2.40. The van der Waals surface area contributed by atoms with E-state index in [1.54, 1.807) is 0 Å². The molecule has 0 saturated carbocycles. The Labute approximate surface area is 124 Å². The van der Waals surface area contributed by atoms with Gasteiger partial charge in [0.15, 0.2) is 0 Å². The summed E-state index contributed by atoms with van der Waals surface area (Å²) in [4.78, 5) is 12.0. The molecule has 0 heterocycles. The van der Waals surface area contributed by atoms with E-state index in [0.29, 0.717) is 12.5 Å². The van der Waals surface area contributed by atoms with Crippen molar-refractivity contribution in [2.24, 2.45) is 11.7 Å². The van der Waals surface area contributed by atoms with Gasteiger partial charge in [0.1, 0.15) is 5.60 Å². The number of unbranched alkanes of at least 4 members (excludes halogenated alkanes) is 2. The summed E-state index contributed by atoms with van der Waals surface area (Å²) < 4.78 is 5.37. The van der Waals surface area contributed by atoms with E-state index in [4.69, 9.17) is 10.5 Å². The number of nitrogens with one attached hydrogen (secondary N) is 1. The predicted molar refractivity (Wildman–Crippen MR) is 84.8 cm³/mol. The summed E-state index contributed by atoms with van der Waals surface area (Å²) in [6, 6.07) is 0.171. The third-order valence-corrected chi connectivity index (χ3v) is 3.45. The average molecular weight is 286 g/mol. The molecule has 0 aliphatic carbocycles. The predicted octanol–water partition coefficient (Wildman–Crippen LogP) is 3.84. The van der Waals surface area contributed by atoms with Crippen molar-refractivity contribution in [3.8, 4) is 0 Å². The Morgan fingerprint density at radius 3 is 2.30 bits per heavy atom. The van der Waals surface area contributed by atoms with Crippen LogP contribution < -0.4 is 11.1 Å². The van der Waals surface area contributed by atoms with Crippen LogP contribution in [0.25, 0.3) is 0 Å². The summed E-state index contributed by atoms with van der Waals surface area (Å²) in [7, 11) is 0. The molecule has 0 aromatic heterocycles. The molecule has 0 fully saturated rings. The summed E-state index contributed by atoms with van der Waals surface area (Å²) in [5.74, 6) is 0.435. The number of ether oxygens (including phenoxy) is 1. The lowest BCUT2D eigenvalue weighted by Crippen LogP contribution is -2.43. The zero-order valence-electron chi connectivity index (χ0n) is 14.0. The maximum absolute atomic E-state index is 12.0. The van der Waals surface area contributed by atoms with Gasteiger partial charge in [-0.1, -0.05) is 39.5 Å². The van der Waals surface area contributed by atoms with Crippen LogP contribution in [0.15, 0.2) is 0 Å². The van der Waals surface area contributed by atoms with Gasteiger partial charge >= 0.3 is 6.09 Å². The van der Waals surface area contributed by atoms with Crippen LogP contribution in [-0.4, -0.2) is 24.3 Å². The Morgan fingerprint density at radius 1 is 1.20 bits per heavy atom. The highest BCUT2D eigenvalue weighted by molar-refractivity contribution is 5.68. The summed E-state index contributed by atoms with van der Waals surface area (Å²) >= 11 is 0. The number of rotatable bonds is 9. The number of amides is 1. The smallest absolute Gasteiger partial charge is 0.407 e. The molecular formula is C16H34N2O2. The molecule has 0 aromatic rings. The van der Waals surface area contributed by atoms with Crippen molar-refractivity contribution < 1.29 is 9.53 Å². The Hall–Kier alpha value is -0.770. The zero-order valence-corrected chi connectivity index (χ0v) is 14.0. The number of hydrogen-bond acceptors (Lipinski definition) is 3. The van der Waals surface area contributed by atoms with Gasteiger partial charge in [0.2, 0.25) is 0 Å². The standard InChI is InChI=1S/C16H34N2O2/c1-6-8-9-10-14(13(7-2)11-12-17)18-15(19)20-16(3,4)5/h13-14H,6-12,17H2,1-5H3,(H,18,19). The van der Waals surface area contributed by atoms with Gasteiger partial charge in [-0.2, -0.15) is 0 Å². The number of alkyl carbamates (subject to hydrolysis) is 1. The summed E-state index contributed by atoms with van der Waals surface area (Å²) in [5, 5.41) is 3.05. The molecule has 0 aliphatic heterocycles. The summed E-state index contributed by atoms with van der Waals surface area (Å²) in [6.45, 7) is 10.7. The summed E-state index contributed by atoms with van der Waals surface area (Å²) in [6.07, 6.45) is 6.20. The van der Waals surface area contributed by atoms with Crippen molar-refractivity contribution in [1.82, 2.24) is 5.32 Å². The lowest BCUT2D eigenvalue weighted by atomic mass is 9.89. The fourth-order valence-electron chi connectivity index (χ4n) is 2.40. The van der Waals surface area contributed by atoms with Gasteiger partial charge in [0, 0.05) is 6.04 Å². The molecular weight excluding hydrogens is 252 g/mol. The number of nitrogens with two attached hydrogens (primary N) is 1. The molecule has 3 N–H and O–H groups in total. The first kappa shape index (κ1) is 19.2. The van der Waals surface area contributed by atoms with E-state index in [2.05, 4.69) is 19.2 Å². The molecule has 4 nitrogen and oxygen atoms in total. The van der Waals surface area contributed by atoms with Crippen LogP contribution in [0.1, 0.15) is 73.1 Å². The molecule has 1 amide bonds. The molecule has 0 radical (unpaired) electrons. The largest absolute Gasteiger partial charge is 0.444 e. The van der Waals surface area contributed by atoms with Crippen molar-refractivity contribution in [3.63, 3.8) is 0 Å². The second-order valence-electron chi connectivity index (χ2n) is 6.49. The maximum Gasteiger partial charge on any atom is 0.407 e. The van der Waals surface area contributed by atoms with Crippen LogP contribution in [-0.2, 0) is 4.74 Å². The Kier molecular flexibility index (Phi) is 9.64. The van der Waals surface area contributed by atoms with Gasteiger partial charge in [-0.25, -0.2) is 4.79 Å². The number of hydrogen-bond donors (Lipinski definition) is 2. The Morgan fingerprint density at radius 2 is 1.85 bits per heavy atom. The highest BCUT2D eigenvalue weighted by Gasteiger charge is 2.24. The first-order valence-electron chi connectivity index (χ1n) is 8.03. The van der Waals surface area contributed by atoms with Gasteiger partial charge in [-0.15, -0.1) is 0 Å². The molecule has 120 valence electrons. The first-order chi connectivity index (χ1) is 9.34. The van der Waals surface area contributed by atoms with Crippen LogP contribution in [0.3, 0.4) is 0 Å². The van der Waals surface area contributed by atoms with Crippen molar-refractivity contribution in [2.45, 2.75) is 84.8 Å². The van der Waals surface area contributed by atoms with Crippen molar-refractivity contribution in [2.75, 3.05) is 6.54 Å². The van der Waals surface area contributed by atoms with E-state index in [1.807, 2.05) is 20.8 Å². The lowest BCUT2D eigenvalue weighted by molar-refractivity contribution is 0.0478. The molecule has 0 saturated heterocycles. The van der Waals surface area contributed by atoms with E-state index in [9.17, 15) is 4.79 Å². The Balaban J connectivity index is 4.53. The molecule has 4 heteroatoms. The van der Waals surface area contributed by atoms with Gasteiger partial charge in [0.05, 0.1) is 0 Å². The quantitative estimate of drug-likeness (QED) is 0.633. The van der Waals surface area contributed by atoms with Crippen molar-refractivity contribution >= 4 is 6.09 Å². The molecule has 0 rings (SSSR count).